The number of carbonyl (C=O) groups is 2. The van der Waals surface area contributed by atoms with Gasteiger partial charge in [-0.15, -0.1) is 11.3 Å². The fraction of sp³-hybridized carbons (Fsp3) is 0.400. The third kappa shape index (κ3) is 5.21. The van der Waals surface area contributed by atoms with Crippen molar-refractivity contribution < 1.29 is 18.0 Å². The lowest BCUT2D eigenvalue weighted by atomic mass is 9.97. The van der Waals surface area contributed by atoms with Gasteiger partial charge >= 0.3 is 0 Å². The average molecular weight is 470 g/mol. The highest BCUT2D eigenvalue weighted by Crippen LogP contribution is 2.28. The van der Waals surface area contributed by atoms with Gasteiger partial charge in [0.2, 0.25) is 5.91 Å². The molecule has 0 bridgehead atoms. The molecule has 2 heterocycles. The van der Waals surface area contributed by atoms with Crippen molar-refractivity contribution in [3.8, 4) is 0 Å². The SMILES string of the molecule is CC(C)NC(=O)c1ccc(Cl)c(NC(=O)C2CCN(S(=O)(=O)c3cccs3)CC2)c1. The van der Waals surface area contributed by atoms with Gasteiger partial charge in [0, 0.05) is 30.6 Å². The minimum atomic E-state index is -3.50. The fourth-order valence-electron chi connectivity index (χ4n) is 3.24. The highest BCUT2D eigenvalue weighted by atomic mass is 35.5. The molecule has 0 atom stereocenters. The number of piperidine rings is 1. The standard InChI is InChI=1S/C20H24ClN3O4S2/c1-13(2)22-20(26)15-5-6-16(21)17(12-15)23-19(25)14-7-9-24(10-8-14)30(27,28)18-4-3-11-29-18/h3-6,11-14H,7-10H2,1-2H3,(H,22,26)(H,23,25). The molecule has 30 heavy (non-hydrogen) atoms. The van der Waals surface area contributed by atoms with Crippen LogP contribution in [0.3, 0.4) is 0 Å². The van der Waals surface area contributed by atoms with Crippen molar-refractivity contribution in [2.24, 2.45) is 5.92 Å². The number of thiophene rings is 1. The van der Waals surface area contributed by atoms with Gasteiger partial charge in [-0.3, -0.25) is 9.59 Å². The Hall–Kier alpha value is -1.94. The highest BCUT2D eigenvalue weighted by Gasteiger charge is 2.32. The van der Waals surface area contributed by atoms with Crippen molar-refractivity contribution in [3.63, 3.8) is 0 Å². The molecule has 0 saturated carbocycles. The molecule has 0 radical (unpaired) electrons. The molecule has 162 valence electrons. The molecule has 0 spiro atoms. The maximum atomic E-state index is 12.7. The van der Waals surface area contributed by atoms with Gasteiger partial charge in [-0.1, -0.05) is 17.7 Å². The molecule has 3 rings (SSSR count). The molecule has 1 saturated heterocycles. The van der Waals surface area contributed by atoms with E-state index in [0.717, 1.165) is 0 Å². The number of amides is 2. The summed E-state index contributed by atoms with van der Waals surface area (Å²) in [5.74, 6) is -0.806. The maximum absolute atomic E-state index is 12.7. The van der Waals surface area contributed by atoms with Crippen LogP contribution in [0.2, 0.25) is 5.02 Å². The van der Waals surface area contributed by atoms with Gasteiger partial charge in [-0.2, -0.15) is 4.31 Å². The summed E-state index contributed by atoms with van der Waals surface area (Å²) in [5.41, 5.74) is 0.770. The lowest BCUT2D eigenvalue weighted by Gasteiger charge is -2.30. The van der Waals surface area contributed by atoms with Crippen LogP contribution in [0.25, 0.3) is 0 Å². The smallest absolute Gasteiger partial charge is 0.252 e. The number of nitrogens with zero attached hydrogens (tertiary/aromatic N) is 1. The zero-order valence-corrected chi connectivity index (χ0v) is 19.1. The van der Waals surface area contributed by atoms with E-state index in [1.54, 1.807) is 35.7 Å². The van der Waals surface area contributed by atoms with Crippen molar-refractivity contribution in [3.05, 3.63) is 46.3 Å². The van der Waals surface area contributed by atoms with E-state index in [0.29, 0.717) is 33.3 Å². The first-order valence-electron chi connectivity index (χ1n) is 9.63. The molecule has 1 aromatic carbocycles. The summed E-state index contributed by atoms with van der Waals surface area (Å²) >= 11 is 7.38. The van der Waals surface area contributed by atoms with Crippen LogP contribution < -0.4 is 10.6 Å². The average Bonchev–Trinajstić information content (AvgIpc) is 3.25. The summed E-state index contributed by atoms with van der Waals surface area (Å²) in [6.07, 6.45) is 0.836. The number of anilines is 1. The van der Waals surface area contributed by atoms with Crippen LogP contribution in [-0.4, -0.2) is 43.7 Å². The number of benzene rings is 1. The number of carbonyl (C=O) groups excluding carboxylic acids is 2. The molecule has 1 aliphatic heterocycles. The monoisotopic (exact) mass is 469 g/mol. The predicted octanol–water partition coefficient (Wildman–Crippen LogP) is 3.58. The van der Waals surface area contributed by atoms with Crippen molar-refractivity contribution in [1.29, 1.82) is 0 Å². The summed E-state index contributed by atoms with van der Waals surface area (Å²) in [6.45, 7) is 4.29. The number of halogens is 1. The Labute approximate surface area is 185 Å². The normalized spacial score (nSPS) is 15.9. The highest BCUT2D eigenvalue weighted by molar-refractivity contribution is 7.91. The first-order valence-corrected chi connectivity index (χ1v) is 12.3. The largest absolute Gasteiger partial charge is 0.350 e. The molecule has 1 aromatic heterocycles. The Morgan fingerprint density at radius 2 is 1.90 bits per heavy atom. The summed E-state index contributed by atoms with van der Waals surface area (Å²) in [5, 5.41) is 7.65. The van der Waals surface area contributed by atoms with Crippen molar-refractivity contribution in [2.75, 3.05) is 18.4 Å². The number of nitrogens with one attached hydrogen (secondary N) is 2. The van der Waals surface area contributed by atoms with Crippen LogP contribution in [0, 0.1) is 5.92 Å². The first kappa shape index (κ1) is 22.7. The fourth-order valence-corrected chi connectivity index (χ4v) is 6.02. The van der Waals surface area contributed by atoms with E-state index in [-0.39, 0.29) is 36.9 Å². The molecule has 7 nitrogen and oxygen atoms in total. The van der Waals surface area contributed by atoms with Gasteiger partial charge in [-0.25, -0.2) is 8.42 Å². The molecule has 0 aliphatic carbocycles. The van der Waals surface area contributed by atoms with Crippen LogP contribution in [0.4, 0.5) is 5.69 Å². The van der Waals surface area contributed by atoms with E-state index in [9.17, 15) is 18.0 Å². The third-order valence-electron chi connectivity index (χ3n) is 4.82. The molecular weight excluding hydrogens is 446 g/mol. The van der Waals surface area contributed by atoms with Crippen LogP contribution in [0.15, 0.2) is 39.9 Å². The summed E-state index contributed by atoms with van der Waals surface area (Å²) in [4.78, 5) is 24.9. The zero-order chi connectivity index (χ0) is 21.9. The van der Waals surface area contributed by atoms with Gasteiger partial charge < -0.3 is 10.6 Å². The minimum absolute atomic E-state index is 0.0122. The topological polar surface area (TPSA) is 95.6 Å². The van der Waals surface area contributed by atoms with E-state index in [4.69, 9.17) is 11.6 Å². The van der Waals surface area contributed by atoms with Crippen LogP contribution >= 0.6 is 22.9 Å². The van der Waals surface area contributed by atoms with Gasteiger partial charge in [-0.05, 0) is 56.3 Å². The molecule has 1 aliphatic rings. The van der Waals surface area contributed by atoms with Crippen molar-refractivity contribution in [1.82, 2.24) is 9.62 Å². The van der Waals surface area contributed by atoms with E-state index < -0.39 is 10.0 Å². The second-order valence-corrected chi connectivity index (χ2v) is 10.9. The van der Waals surface area contributed by atoms with Crippen LogP contribution in [0.5, 0.6) is 0 Å². The first-order chi connectivity index (χ1) is 14.2. The van der Waals surface area contributed by atoms with Crippen LogP contribution in [-0.2, 0) is 14.8 Å². The minimum Gasteiger partial charge on any atom is -0.350 e. The van der Waals surface area contributed by atoms with Gasteiger partial charge in [0.25, 0.3) is 15.9 Å². The Bertz CT molecular complexity index is 1010. The number of rotatable bonds is 6. The number of sulfonamides is 1. The lowest BCUT2D eigenvalue weighted by Crippen LogP contribution is -2.41. The Balaban J connectivity index is 1.63. The summed E-state index contributed by atoms with van der Waals surface area (Å²) in [6, 6.07) is 8.00. The second-order valence-electron chi connectivity index (χ2n) is 7.42. The molecule has 10 heteroatoms. The molecule has 1 fully saturated rings. The van der Waals surface area contributed by atoms with E-state index in [2.05, 4.69) is 10.6 Å². The second kappa shape index (κ2) is 9.47. The molecular formula is C20H24ClN3O4S2. The van der Waals surface area contributed by atoms with Crippen molar-refractivity contribution >= 4 is 50.5 Å². The van der Waals surface area contributed by atoms with Crippen molar-refractivity contribution in [2.45, 2.75) is 36.9 Å². The Morgan fingerprint density at radius 1 is 1.20 bits per heavy atom. The summed E-state index contributed by atoms with van der Waals surface area (Å²) < 4.78 is 27.0. The third-order valence-corrected chi connectivity index (χ3v) is 8.42. The molecule has 2 N–H and O–H groups in total. The van der Waals surface area contributed by atoms with Gasteiger partial charge in [0.15, 0.2) is 0 Å². The van der Waals surface area contributed by atoms with Gasteiger partial charge in [0.05, 0.1) is 10.7 Å². The molecule has 2 aromatic rings. The van der Waals surface area contributed by atoms with E-state index in [1.807, 2.05) is 13.8 Å². The molecule has 0 unspecified atom stereocenters. The number of hydrogen-bond donors (Lipinski definition) is 2. The van der Waals surface area contributed by atoms with Gasteiger partial charge in [0.1, 0.15) is 4.21 Å². The zero-order valence-electron chi connectivity index (χ0n) is 16.7. The molecule has 2 amide bonds. The predicted molar refractivity (Wildman–Crippen MR) is 118 cm³/mol. The quantitative estimate of drug-likeness (QED) is 0.675. The Kier molecular flexibility index (Phi) is 7.18. The van der Waals surface area contributed by atoms with Crippen LogP contribution in [0.1, 0.15) is 37.0 Å². The van der Waals surface area contributed by atoms with E-state index >= 15 is 0 Å². The maximum Gasteiger partial charge on any atom is 0.252 e. The lowest BCUT2D eigenvalue weighted by molar-refractivity contribution is -0.120. The Morgan fingerprint density at radius 3 is 2.50 bits per heavy atom. The van der Waals surface area contributed by atoms with E-state index in [1.165, 1.54) is 15.6 Å². The summed E-state index contributed by atoms with van der Waals surface area (Å²) in [7, 11) is -3.50. The number of hydrogen-bond acceptors (Lipinski definition) is 5.